The number of ether oxygens (including phenoxy) is 2. The smallest absolute Gasteiger partial charge is 0.408 e. The standard InChI is InChI=1S/C60H73N23O14/c1-31-36(24-65-45(31)53(89)64-18-15-44(85)72-41-29-82(10)48(74-41)56(92)68-34-23-39(58(94)96-12)80(8)27-34)69-57(93)49-75-42(30-83(49)11)76-50(86)35(70-59(95)97-60(2,3)4)13-16-62-51(87)37-22-33(26-79(37)7)67-55(91)47-73-40(28-81(47)9)71-43(84)14-17-63-52(88)38-21-32(25-78(38)6)66-54(90)46-61-19-20-77(46)5/h19-30,35,65H,13-18H2,1-12H3,(H,62,87)(H,63,88)(H,64,89)(H,66,90)(H,67,91)(H,68,92)(H,69,93)(H,70,95)(H,71,84)(H,72,85)(H,76,86)/t35-/m1/s1. The molecule has 0 aromatic carbocycles. The number of H-pyrrole nitrogens is 1. The van der Waals surface area contributed by atoms with E-state index in [1.54, 1.807) is 79.9 Å². The highest BCUT2D eigenvalue weighted by atomic mass is 16.6. The second-order valence-electron chi connectivity index (χ2n) is 23.1. The van der Waals surface area contributed by atoms with Crippen LogP contribution in [-0.4, -0.2) is 166 Å². The summed E-state index contributed by atoms with van der Waals surface area (Å²) < 4.78 is 20.2. The zero-order valence-electron chi connectivity index (χ0n) is 54.9. The molecule has 8 aromatic heterocycles. The zero-order chi connectivity index (χ0) is 70.7. The van der Waals surface area contributed by atoms with E-state index < -0.39 is 82.8 Å². The van der Waals surface area contributed by atoms with Gasteiger partial charge in [0.1, 0.15) is 34.4 Å². The predicted octanol–water partition coefficient (Wildman–Crippen LogP) is 2.24. The molecule has 0 unspecified atom stereocenters. The van der Waals surface area contributed by atoms with Crippen molar-refractivity contribution in [3.05, 3.63) is 126 Å². The predicted molar refractivity (Wildman–Crippen MR) is 348 cm³/mol. The molecule has 8 aromatic rings. The average molecular weight is 1340 g/mol. The molecule has 0 saturated carbocycles. The van der Waals surface area contributed by atoms with Crippen molar-refractivity contribution < 1.29 is 67.0 Å². The van der Waals surface area contributed by atoms with Gasteiger partial charge in [-0.2, -0.15) is 0 Å². The molecule has 1 atom stereocenters. The molecule has 37 heteroatoms. The Hall–Kier alpha value is -12.6. The minimum Gasteiger partial charge on any atom is -0.464 e. The highest BCUT2D eigenvalue weighted by Crippen LogP contribution is 2.22. The quantitative estimate of drug-likeness (QED) is 0.0346. The largest absolute Gasteiger partial charge is 0.464 e. The first-order valence-electron chi connectivity index (χ1n) is 29.7. The van der Waals surface area contributed by atoms with Crippen LogP contribution in [0.5, 0.6) is 0 Å². The highest BCUT2D eigenvalue weighted by molar-refractivity contribution is 6.07. The lowest BCUT2D eigenvalue weighted by Gasteiger charge is -2.23. The molecular formula is C60H73N23O14. The number of anilines is 7. The zero-order valence-corrected chi connectivity index (χ0v) is 54.9. The Balaban J connectivity index is 0.784. The number of alkyl carbamates (subject to hydrolysis) is 1. The van der Waals surface area contributed by atoms with Gasteiger partial charge in [0.25, 0.3) is 41.4 Å². The van der Waals surface area contributed by atoms with Crippen LogP contribution in [0.4, 0.5) is 45.0 Å². The molecule has 12 N–H and O–H groups in total. The van der Waals surface area contributed by atoms with E-state index in [1.165, 1.54) is 110 Å². The number of carbonyl (C=O) groups is 12. The lowest BCUT2D eigenvalue weighted by atomic mass is 10.2. The van der Waals surface area contributed by atoms with Gasteiger partial charge in [-0.1, -0.05) is 0 Å². The fraction of sp³-hybridized carbons (Fsp3) is 0.333. The second kappa shape index (κ2) is 30.0. The van der Waals surface area contributed by atoms with Gasteiger partial charge in [0.2, 0.25) is 35.2 Å². The molecule has 0 saturated heterocycles. The van der Waals surface area contributed by atoms with Crippen molar-refractivity contribution >= 4 is 111 Å². The molecule has 0 spiro atoms. The SMILES string of the molecule is COC(=O)c1cc(NC(=O)c2nc(NC(=O)CCNC(=O)c3[nH]cc(NC(=O)c4nc(NC(=O)[C@@H](CCNC(=O)c5cc(NC(=O)c6nc(NC(=O)CCNC(=O)c7cc(NC(=O)c8nccn8C)cn7C)cn6C)cn5C)NC(=O)OC(C)(C)C)cn4C)c3C)cn2C)cn1C. The van der Waals surface area contributed by atoms with Crippen LogP contribution in [0.25, 0.3) is 0 Å². The van der Waals surface area contributed by atoms with Crippen molar-refractivity contribution in [2.75, 3.05) is 64.0 Å². The number of esters is 1. The van der Waals surface area contributed by atoms with Crippen molar-refractivity contribution in [2.45, 2.75) is 58.6 Å². The maximum absolute atomic E-state index is 13.9. The van der Waals surface area contributed by atoms with Crippen LogP contribution in [0.15, 0.2) is 74.0 Å². The van der Waals surface area contributed by atoms with Crippen LogP contribution < -0.4 is 58.5 Å². The van der Waals surface area contributed by atoms with Crippen LogP contribution in [0.1, 0.15) is 130 Å². The normalized spacial score (nSPS) is 11.4. The van der Waals surface area contributed by atoms with Crippen molar-refractivity contribution in [3.8, 4) is 0 Å². The summed E-state index contributed by atoms with van der Waals surface area (Å²) in [4.78, 5) is 176. The first kappa shape index (κ1) is 70.3. The third-order valence-corrected chi connectivity index (χ3v) is 14.3. The molecule has 0 radical (unpaired) electrons. The molecule has 0 bridgehead atoms. The molecule has 8 heterocycles. The maximum Gasteiger partial charge on any atom is 0.408 e. The molecule has 8 rings (SSSR count). The summed E-state index contributed by atoms with van der Waals surface area (Å²) >= 11 is 0. The van der Waals surface area contributed by atoms with Crippen molar-refractivity contribution in [3.63, 3.8) is 0 Å². The van der Waals surface area contributed by atoms with Gasteiger partial charge in [0, 0.05) is 143 Å². The average Bonchev–Trinajstić information content (AvgIpc) is 1.70. The van der Waals surface area contributed by atoms with E-state index in [4.69, 9.17) is 9.47 Å². The Bertz CT molecular complexity index is 4380. The maximum atomic E-state index is 13.9. The number of nitrogens with one attached hydrogen (secondary N) is 12. The van der Waals surface area contributed by atoms with Gasteiger partial charge in [-0.25, -0.2) is 29.5 Å². The molecule has 512 valence electrons. The third kappa shape index (κ3) is 18.0. The first-order valence-corrected chi connectivity index (χ1v) is 29.7. The molecular weight excluding hydrogens is 1270 g/mol. The number of carbonyl (C=O) groups excluding carboxylic acids is 12. The van der Waals surface area contributed by atoms with Gasteiger partial charge >= 0.3 is 12.1 Å². The summed E-state index contributed by atoms with van der Waals surface area (Å²) in [5.41, 5.74) is 1.09. The van der Waals surface area contributed by atoms with Gasteiger partial charge in [-0.15, -0.1) is 0 Å². The number of nitrogens with zero attached hydrogens (tertiary/aromatic N) is 11. The molecule has 0 aliphatic heterocycles. The van der Waals surface area contributed by atoms with E-state index in [-0.39, 0.29) is 114 Å². The number of aromatic amines is 1. The highest BCUT2D eigenvalue weighted by Gasteiger charge is 2.28. The molecule has 0 aliphatic rings. The number of aromatic nitrogens is 12. The van der Waals surface area contributed by atoms with Crippen LogP contribution in [0.3, 0.4) is 0 Å². The summed E-state index contributed by atoms with van der Waals surface area (Å²) in [5.74, 6) is -6.70. The van der Waals surface area contributed by atoms with Crippen molar-refractivity contribution in [1.82, 2.24) is 78.2 Å². The summed E-state index contributed by atoms with van der Waals surface area (Å²) in [6.45, 7) is 6.11. The van der Waals surface area contributed by atoms with Crippen molar-refractivity contribution in [2.24, 2.45) is 49.3 Å². The summed E-state index contributed by atoms with van der Waals surface area (Å²) in [5, 5.41) is 29.0. The van der Waals surface area contributed by atoms with Crippen LogP contribution >= 0.6 is 0 Å². The molecule has 37 nitrogen and oxygen atoms in total. The first-order chi connectivity index (χ1) is 45.8. The topological polar surface area (TPSA) is 457 Å². The minimum absolute atomic E-state index is 0.0420. The summed E-state index contributed by atoms with van der Waals surface area (Å²) in [6, 6.07) is 2.99. The molecule has 11 amide bonds. The summed E-state index contributed by atoms with van der Waals surface area (Å²) in [7, 11) is 12.3. The Morgan fingerprint density at radius 1 is 0.505 bits per heavy atom. The molecule has 97 heavy (non-hydrogen) atoms. The van der Waals surface area contributed by atoms with E-state index in [0.717, 1.165) is 0 Å². The van der Waals surface area contributed by atoms with E-state index in [1.807, 2.05) is 0 Å². The minimum atomic E-state index is -1.33. The fourth-order valence-electron chi connectivity index (χ4n) is 9.58. The van der Waals surface area contributed by atoms with Gasteiger partial charge in [-0.05, 0) is 52.3 Å². The van der Waals surface area contributed by atoms with E-state index in [2.05, 4.69) is 83.4 Å². The lowest BCUT2D eigenvalue weighted by molar-refractivity contribution is -0.118. The van der Waals surface area contributed by atoms with Crippen molar-refractivity contribution in [1.29, 1.82) is 0 Å². The van der Waals surface area contributed by atoms with Gasteiger partial charge in [0.05, 0.1) is 29.9 Å². The van der Waals surface area contributed by atoms with Crippen LogP contribution in [-0.2, 0) is 73.2 Å². The number of hydrogen-bond donors (Lipinski definition) is 12. The monoisotopic (exact) mass is 1340 g/mol. The third-order valence-electron chi connectivity index (χ3n) is 14.3. The van der Waals surface area contributed by atoms with E-state index in [9.17, 15) is 57.5 Å². The number of hydrogen-bond acceptors (Lipinski definition) is 18. The Labute approximate surface area is 552 Å². The molecule has 0 fully saturated rings. The number of imidazole rings is 4. The Morgan fingerprint density at radius 3 is 1.40 bits per heavy atom. The Morgan fingerprint density at radius 2 is 0.938 bits per heavy atom. The summed E-state index contributed by atoms with van der Waals surface area (Å²) in [6.07, 6.45) is 11.8. The van der Waals surface area contributed by atoms with Gasteiger partial charge in [0.15, 0.2) is 23.3 Å². The number of aryl methyl sites for hydroxylation is 7. The van der Waals surface area contributed by atoms with E-state index >= 15 is 0 Å². The van der Waals surface area contributed by atoms with E-state index in [0.29, 0.717) is 16.9 Å². The fourth-order valence-corrected chi connectivity index (χ4v) is 9.58. The number of amides is 11. The molecule has 0 aliphatic carbocycles. The second-order valence-corrected chi connectivity index (χ2v) is 23.1. The lowest BCUT2D eigenvalue weighted by Crippen LogP contribution is -2.47. The van der Waals surface area contributed by atoms with Gasteiger partial charge < -0.3 is 105 Å². The number of rotatable bonds is 26. The van der Waals surface area contributed by atoms with Crippen LogP contribution in [0, 0.1) is 6.92 Å². The van der Waals surface area contributed by atoms with Crippen LogP contribution in [0.2, 0.25) is 0 Å². The number of methoxy groups -OCH3 is 1. The Kier molecular flexibility index (Phi) is 21.7. The van der Waals surface area contributed by atoms with Gasteiger partial charge in [-0.3, -0.25) is 47.9 Å².